The molecule has 1 amide bonds. The first-order valence-electron chi connectivity index (χ1n) is 5.96. The Bertz CT molecular complexity index is 454. The van der Waals surface area contributed by atoms with E-state index in [4.69, 9.17) is 10.5 Å². The molecule has 0 spiro atoms. The first-order chi connectivity index (χ1) is 8.63. The zero-order chi connectivity index (χ0) is 13.0. The third kappa shape index (κ3) is 3.48. The lowest BCUT2D eigenvalue weighted by molar-refractivity contribution is -0.114. The van der Waals surface area contributed by atoms with Crippen molar-refractivity contribution in [3.63, 3.8) is 0 Å². The van der Waals surface area contributed by atoms with E-state index in [9.17, 15) is 4.79 Å². The van der Waals surface area contributed by atoms with Crippen LogP contribution >= 0.6 is 0 Å². The first-order valence-corrected chi connectivity index (χ1v) is 5.96. The van der Waals surface area contributed by atoms with Crippen molar-refractivity contribution in [1.82, 2.24) is 0 Å². The molecule has 1 aliphatic rings. The van der Waals surface area contributed by atoms with Crippen molar-refractivity contribution >= 4 is 17.6 Å². The van der Waals surface area contributed by atoms with E-state index < -0.39 is 0 Å². The van der Waals surface area contributed by atoms with Gasteiger partial charge in [0.25, 0.3) is 6.02 Å². The number of hydrogen-bond donors (Lipinski definition) is 2. The van der Waals surface area contributed by atoms with E-state index in [1.54, 1.807) is 0 Å². The lowest BCUT2D eigenvalue weighted by Crippen LogP contribution is -2.10. The predicted molar refractivity (Wildman–Crippen MR) is 70.4 cm³/mol. The van der Waals surface area contributed by atoms with Gasteiger partial charge in [0.1, 0.15) is 6.61 Å². The van der Waals surface area contributed by atoms with Crippen molar-refractivity contribution in [3.8, 4) is 0 Å². The standard InChI is InChI=1S/C13H17N3O2/c1-9(17)15-11-5-2-10(3-6-11)4-7-12-8-18-13(14)16-12/h2-3,5-6,12H,4,7-8H2,1H3,(H2,14,16)(H,15,17)/t12-/m0/s1. The van der Waals surface area contributed by atoms with Crippen LogP contribution in [0.5, 0.6) is 0 Å². The number of nitrogens with one attached hydrogen (secondary N) is 1. The number of ether oxygens (including phenoxy) is 1. The second-order valence-corrected chi connectivity index (χ2v) is 4.35. The average molecular weight is 247 g/mol. The van der Waals surface area contributed by atoms with Gasteiger partial charge in [0.15, 0.2) is 0 Å². The Kier molecular flexibility index (Phi) is 3.82. The highest BCUT2D eigenvalue weighted by Gasteiger charge is 2.15. The molecule has 0 aliphatic carbocycles. The number of aryl methyl sites for hydroxylation is 1. The first kappa shape index (κ1) is 12.4. The highest BCUT2D eigenvalue weighted by atomic mass is 16.5. The summed E-state index contributed by atoms with van der Waals surface area (Å²) >= 11 is 0. The van der Waals surface area contributed by atoms with Crippen LogP contribution in [-0.2, 0) is 16.0 Å². The Balaban J connectivity index is 1.85. The molecule has 1 aromatic rings. The van der Waals surface area contributed by atoms with Gasteiger partial charge < -0.3 is 15.8 Å². The highest BCUT2D eigenvalue weighted by Crippen LogP contribution is 2.14. The van der Waals surface area contributed by atoms with Crippen molar-refractivity contribution < 1.29 is 9.53 Å². The molecule has 96 valence electrons. The van der Waals surface area contributed by atoms with Crippen molar-refractivity contribution in [2.24, 2.45) is 10.7 Å². The van der Waals surface area contributed by atoms with Crippen LogP contribution in [0.4, 0.5) is 5.69 Å². The lowest BCUT2D eigenvalue weighted by atomic mass is 10.1. The molecule has 0 saturated carbocycles. The molecule has 1 heterocycles. The minimum atomic E-state index is -0.0596. The fraction of sp³-hybridized carbons (Fsp3) is 0.385. The maximum absolute atomic E-state index is 10.9. The van der Waals surface area contributed by atoms with Crippen LogP contribution in [0.3, 0.4) is 0 Å². The molecule has 1 aliphatic heterocycles. The van der Waals surface area contributed by atoms with E-state index in [2.05, 4.69) is 10.3 Å². The van der Waals surface area contributed by atoms with Gasteiger partial charge in [-0.1, -0.05) is 12.1 Å². The topological polar surface area (TPSA) is 76.7 Å². The molecule has 0 fully saturated rings. The number of nitrogens with zero attached hydrogens (tertiary/aromatic N) is 1. The number of hydrogen-bond acceptors (Lipinski definition) is 4. The van der Waals surface area contributed by atoms with E-state index >= 15 is 0 Å². The molecule has 5 nitrogen and oxygen atoms in total. The maximum Gasteiger partial charge on any atom is 0.282 e. The molecular weight excluding hydrogens is 230 g/mol. The van der Waals surface area contributed by atoms with Gasteiger partial charge in [0.05, 0.1) is 6.04 Å². The maximum atomic E-state index is 10.9. The van der Waals surface area contributed by atoms with E-state index in [0.717, 1.165) is 18.5 Å². The molecule has 0 bridgehead atoms. The molecular formula is C13H17N3O2. The van der Waals surface area contributed by atoms with Gasteiger partial charge in [-0.15, -0.1) is 0 Å². The fourth-order valence-electron chi connectivity index (χ4n) is 1.88. The molecule has 0 saturated heterocycles. The molecule has 3 N–H and O–H groups in total. The normalized spacial score (nSPS) is 18.1. The predicted octanol–water partition coefficient (Wildman–Crippen LogP) is 1.29. The Morgan fingerprint density at radius 3 is 2.78 bits per heavy atom. The Morgan fingerprint density at radius 2 is 2.22 bits per heavy atom. The van der Waals surface area contributed by atoms with Gasteiger partial charge >= 0.3 is 0 Å². The summed E-state index contributed by atoms with van der Waals surface area (Å²) in [6, 6.07) is 8.28. The monoisotopic (exact) mass is 247 g/mol. The third-order valence-electron chi connectivity index (χ3n) is 2.77. The SMILES string of the molecule is CC(=O)Nc1ccc(CC[C@H]2COC(N)=N2)cc1. The Hall–Kier alpha value is -2.04. The zero-order valence-corrected chi connectivity index (χ0v) is 10.3. The number of nitrogens with two attached hydrogens (primary N) is 1. The van der Waals surface area contributed by atoms with E-state index in [1.165, 1.54) is 12.5 Å². The molecule has 18 heavy (non-hydrogen) atoms. The Morgan fingerprint density at radius 1 is 1.50 bits per heavy atom. The van der Waals surface area contributed by atoms with Gasteiger partial charge in [0.2, 0.25) is 5.91 Å². The summed E-state index contributed by atoms with van der Waals surface area (Å²) in [5.74, 6) is -0.0596. The van der Waals surface area contributed by atoms with Crippen LogP contribution in [0.25, 0.3) is 0 Å². The highest BCUT2D eigenvalue weighted by molar-refractivity contribution is 5.88. The summed E-state index contributed by atoms with van der Waals surface area (Å²) in [7, 11) is 0. The number of rotatable bonds is 4. The number of aliphatic imine (C=N–C) groups is 1. The molecule has 1 atom stereocenters. The van der Waals surface area contributed by atoms with Crippen molar-refractivity contribution in [1.29, 1.82) is 0 Å². The Labute approximate surface area is 106 Å². The molecule has 1 aromatic carbocycles. The van der Waals surface area contributed by atoms with Crippen LogP contribution < -0.4 is 11.1 Å². The van der Waals surface area contributed by atoms with Crippen LogP contribution in [0.1, 0.15) is 18.9 Å². The summed E-state index contributed by atoms with van der Waals surface area (Å²) in [6.07, 6.45) is 1.84. The molecule has 2 rings (SSSR count). The van der Waals surface area contributed by atoms with E-state index in [0.29, 0.717) is 12.6 Å². The fourth-order valence-corrected chi connectivity index (χ4v) is 1.88. The van der Waals surface area contributed by atoms with Gasteiger partial charge in [-0.3, -0.25) is 4.79 Å². The number of anilines is 1. The number of benzene rings is 1. The smallest absolute Gasteiger partial charge is 0.282 e. The minimum Gasteiger partial charge on any atom is -0.463 e. The summed E-state index contributed by atoms with van der Waals surface area (Å²) in [5.41, 5.74) is 7.48. The zero-order valence-electron chi connectivity index (χ0n) is 10.3. The molecule has 5 heteroatoms. The summed E-state index contributed by atoms with van der Waals surface area (Å²) in [5, 5.41) is 2.74. The third-order valence-corrected chi connectivity index (χ3v) is 2.77. The van der Waals surface area contributed by atoms with Gasteiger partial charge in [0, 0.05) is 12.6 Å². The minimum absolute atomic E-state index is 0.0596. The average Bonchev–Trinajstić information content (AvgIpc) is 2.74. The lowest BCUT2D eigenvalue weighted by Gasteiger charge is -2.06. The number of amidine groups is 1. The van der Waals surface area contributed by atoms with Crippen molar-refractivity contribution in [3.05, 3.63) is 29.8 Å². The van der Waals surface area contributed by atoms with Gasteiger partial charge in [-0.25, -0.2) is 4.99 Å². The van der Waals surface area contributed by atoms with E-state index in [1.807, 2.05) is 24.3 Å². The second kappa shape index (κ2) is 5.53. The molecule has 0 radical (unpaired) electrons. The van der Waals surface area contributed by atoms with Crippen molar-refractivity contribution in [2.75, 3.05) is 11.9 Å². The number of amides is 1. The summed E-state index contributed by atoms with van der Waals surface area (Å²) in [6.45, 7) is 2.08. The van der Waals surface area contributed by atoms with E-state index in [-0.39, 0.29) is 11.9 Å². The molecule has 0 unspecified atom stereocenters. The van der Waals surface area contributed by atoms with Crippen LogP contribution in [0, 0.1) is 0 Å². The van der Waals surface area contributed by atoms with Gasteiger partial charge in [-0.05, 0) is 30.5 Å². The van der Waals surface area contributed by atoms with Crippen LogP contribution in [-0.4, -0.2) is 24.6 Å². The van der Waals surface area contributed by atoms with Crippen molar-refractivity contribution in [2.45, 2.75) is 25.8 Å². The number of carbonyl (C=O) groups excluding carboxylic acids is 1. The van der Waals surface area contributed by atoms with Gasteiger partial charge in [-0.2, -0.15) is 0 Å². The summed E-state index contributed by atoms with van der Waals surface area (Å²) in [4.78, 5) is 15.1. The van der Waals surface area contributed by atoms with Crippen LogP contribution in [0.2, 0.25) is 0 Å². The van der Waals surface area contributed by atoms with Crippen LogP contribution in [0.15, 0.2) is 29.3 Å². The molecule has 0 aromatic heterocycles. The largest absolute Gasteiger partial charge is 0.463 e. The second-order valence-electron chi connectivity index (χ2n) is 4.35. The quantitative estimate of drug-likeness (QED) is 0.841. The summed E-state index contributed by atoms with van der Waals surface area (Å²) < 4.78 is 5.10. The number of carbonyl (C=O) groups is 1.